The summed E-state index contributed by atoms with van der Waals surface area (Å²) in [5, 5.41) is 8.62. The first-order valence-electron chi connectivity index (χ1n) is 10.8. The predicted molar refractivity (Wildman–Crippen MR) is 134 cm³/mol. The van der Waals surface area contributed by atoms with Crippen molar-refractivity contribution in [1.82, 2.24) is 0 Å². The second-order valence-electron chi connectivity index (χ2n) is 8.14. The summed E-state index contributed by atoms with van der Waals surface area (Å²) in [6.07, 6.45) is 1.81. The number of hydrogen-bond donors (Lipinski definition) is 3. The third kappa shape index (κ3) is 4.93. The molecule has 0 aliphatic heterocycles. The van der Waals surface area contributed by atoms with Gasteiger partial charge in [-0.05, 0) is 73.5 Å². The van der Waals surface area contributed by atoms with Crippen molar-refractivity contribution in [3.05, 3.63) is 83.9 Å². The van der Waals surface area contributed by atoms with Gasteiger partial charge in [-0.1, -0.05) is 42.6 Å². The number of anilines is 3. The molecule has 3 aromatic carbocycles. The van der Waals surface area contributed by atoms with Gasteiger partial charge in [0.05, 0.1) is 4.90 Å². The Morgan fingerprint density at radius 1 is 0.706 bits per heavy atom. The highest BCUT2D eigenvalue weighted by molar-refractivity contribution is 7.93. The summed E-state index contributed by atoms with van der Waals surface area (Å²) in [4.78, 5) is 25.5. The Kier molecular flexibility index (Phi) is 6.90. The molecule has 3 N–H and O–H groups in total. The molecule has 9 heteroatoms. The van der Waals surface area contributed by atoms with Crippen LogP contribution in [0.3, 0.4) is 0 Å². The Labute approximate surface area is 203 Å². The zero-order chi connectivity index (χ0) is 24.2. The van der Waals surface area contributed by atoms with Crippen LogP contribution in [0.1, 0.15) is 25.7 Å². The molecule has 4 rings (SSSR count). The lowest BCUT2D eigenvalue weighted by Crippen LogP contribution is -2.47. The summed E-state index contributed by atoms with van der Waals surface area (Å²) in [6, 6.07) is 21.0. The quantitative estimate of drug-likeness (QED) is 0.405. The van der Waals surface area contributed by atoms with Crippen molar-refractivity contribution in [2.24, 2.45) is 0 Å². The third-order valence-corrected chi connectivity index (χ3v) is 8.66. The first kappa shape index (κ1) is 23.8. The molecule has 0 heterocycles. The average Bonchev–Trinajstić information content (AvgIpc) is 3.33. The van der Waals surface area contributed by atoms with E-state index >= 15 is 0 Å². The van der Waals surface area contributed by atoms with Gasteiger partial charge < -0.3 is 16.0 Å². The number of sulfone groups is 1. The van der Waals surface area contributed by atoms with Gasteiger partial charge in [0, 0.05) is 22.1 Å². The number of urea groups is 1. The van der Waals surface area contributed by atoms with Crippen molar-refractivity contribution < 1.29 is 18.0 Å². The smallest absolute Gasteiger partial charge is 0.323 e. The Bertz CT molecular complexity index is 1270. The van der Waals surface area contributed by atoms with Crippen molar-refractivity contribution in [3.63, 3.8) is 0 Å². The molecular weight excluding hydrogens is 474 g/mol. The van der Waals surface area contributed by atoms with Gasteiger partial charge >= 0.3 is 6.03 Å². The fraction of sp³-hybridized carbons (Fsp3) is 0.200. The van der Waals surface area contributed by atoms with Crippen LogP contribution in [0.15, 0.2) is 83.8 Å². The van der Waals surface area contributed by atoms with E-state index in [9.17, 15) is 18.0 Å². The standard InChI is InChI=1S/C25H24ClN3O4S/c26-18-8-14-22(15-9-18)34(32,33)25(16-4-5-17-25)23(30)27-20-10-12-21(13-11-20)29-24(31)28-19-6-2-1-3-7-19/h1-3,6-15H,4-5,16-17H2,(H,27,30)(H2,28,29,31). The summed E-state index contributed by atoms with van der Waals surface area (Å²) in [5.41, 5.74) is 1.63. The van der Waals surface area contributed by atoms with E-state index < -0.39 is 26.5 Å². The minimum absolute atomic E-state index is 0.0814. The molecule has 0 radical (unpaired) electrons. The minimum atomic E-state index is -3.93. The molecule has 0 bridgehead atoms. The van der Waals surface area contributed by atoms with Crippen LogP contribution in [-0.4, -0.2) is 25.1 Å². The lowest BCUT2D eigenvalue weighted by molar-refractivity contribution is -0.118. The molecule has 0 unspecified atom stereocenters. The van der Waals surface area contributed by atoms with E-state index in [1.165, 1.54) is 24.3 Å². The zero-order valence-electron chi connectivity index (χ0n) is 18.3. The molecule has 176 valence electrons. The Morgan fingerprint density at radius 3 is 1.76 bits per heavy atom. The first-order chi connectivity index (χ1) is 16.3. The van der Waals surface area contributed by atoms with Crippen LogP contribution < -0.4 is 16.0 Å². The zero-order valence-corrected chi connectivity index (χ0v) is 19.8. The summed E-state index contributed by atoms with van der Waals surface area (Å²) < 4.78 is 25.4. The highest BCUT2D eigenvalue weighted by atomic mass is 35.5. The van der Waals surface area contributed by atoms with Crippen molar-refractivity contribution in [1.29, 1.82) is 0 Å². The predicted octanol–water partition coefficient (Wildman–Crippen LogP) is 5.71. The third-order valence-electron chi connectivity index (χ3n) is 5.90. The Balaban J connectivity index is 1.46. The van der Waals surface area contributed by atoms with E-state index in [1.54, 1.807) is 36.4 Å². The molecule has 7 nitrogen and oxygen atoms in total. The van der Waals surface area contributed by atoms with Crippen LogP contribution in [0.25, 0.3) is 0 Å². The minimum Gasteiger partial charge on any atom is -0.325 e. The number of amides is 3. The number of carbonyl (C=O) groups excluding carboxylic acids is 2. The molecule has 1 aliphatic rings. The van der Waals surface area contributed by atoms with Crippen LogP contribution in [-0.2, 0) is 14.6 Å². The number of para-hydroxylation sites is 1. The maximum atomic E-state index is 13.5. The molecular formula is C25H24ClN3O4S. The molecule has 0 spiro atoms. The van der Waals surface area contributed by atoms with E-state index in [-0.39, 0.29) is 17.7 Å². The van der Waals surface area contributed by atoms with Gasteiger partial charge in [-0.15, -0.1) is 0 Å². The van der Waals surface area contributed by atoms with Crippen LogP contribution in [0.4, 0.5) is 21.9 Å². The van der Waals surface area contributed by atoms with Crippen molar-refractivity contribution >= 4 is 50.4 Å². The van der Waals surface area contributed by atoms with Gasteiger partial charge in [0.25, 0.3) is 0 Å². The number of rotatable bonds is 6. The molecule has 0 atom stereocenters. The lowest BCUT2D eigenvalue weighted by atomic mass is 10.1. The van der Waals surface area contributed by atoms with Crippen molar-refractivity contribution in [3.8, 4) is 0 Å². The summed E-state index contributed by atoms with van der Waals surface area (Å²) in [7, 11) is -3.93. The van der Waals surface area contributed by atoms with Crippen molar-refractivity contribution in [2.75, 3.05) is 16.0 Å². The second-order valence-corrected chi connectivity index (χ2v) is 10.8. The van der Waals surface area contributed by atoms with E-state index in [1.807, 2.05) is 18.2 Å². The van der Waals surface area contributed by atoms with Crippen LogP contribution in [0.2, 0.25) is 5.02 Å². The fourth-order valence-electron chi connectivity index (χ4n) is 4.10. The van der Waals surface area contributed by atoms with E-state index in [4.69, 9.17) is 11.6 Å². The monoisotopic (exact) mass is 497 g/mol. The van der Waals surface area contributed by atoms with E-state index in [0.717, 1.165) is 0 Å². The van der Waals surface area contributed by atoms with Gasteiger partial charge in [0.2, 0.25) is 5.91 Å². The summed E-state index contributed by atoms with van der Waals surface area (Å²) >= 11 is 5.91. The Hall–Kier alpha value is -3.36. The summed E-state index contributed by atoms with van der Waals surface area (Å²) in [5.74, 6) is -0.553. The van der Waals surface area contributed by atoms with Gasteiger partial charge in [-0.2, -0.15) is 0 Å². The molecule has 3 aromatic rings. The molecule has 3 amide bonds. The number of carbonyl (C=O) groups is 2. The van der Waals surface area contributed by atoms with E-state index in [0.29, 0.717) is 34.9 Å². The molecule has 34 heavy (non-hydrogen) atoms. The van der Waals surface area contributed by atoms with Crippen LogP contribution in [0.5, 0.6) is 0 Å². The second kappa shape index (κ2) is 9.87. The first-order valence-corrected chi connectivity index (χ1v) is 12.7. The van der Waals surface area contributed by atoms with Gasteiger partial charge in [-0.25, -0.2) is 13.2 Å². The highest BCUT2D eigenvalue weighted by Crippen LogP contribution is 2.41. The largest absolute Gasteiger partial charge is 0.325 e. The number of halogens is 1. The van der Waals surface area contributed by atoms with Gasteiger partial charge in [0.15, 0.2) is 14.6 Å². The number of benzene rings is 3. The summed E-state index contributed by atoms with van der Waals surface area (Å²) in [6.45, 7) is 0. The Morgan fingerprint density at radius 2 is 1.21 bits per heavy atom. The number of nitrogens with one attached hydrogen (secondary N) is 3. The maximum Gasteiger partial charge on any atom is 0.323 e. The number of hydrogen-bond acceptors (Lipinski definition) is 4. The lowest BCUT2D eigenvalue weighted by Gasteiger charge is -2.27. The highest BCUT2D eigenvalue weighted by Gasteiger charge is 2.52. The SMILES string of the molecule is O=C(Nc1ccccc1)Nc1ccc(NC(=O)C2(S(=O)(=O)c3ccc(Cl)cc3)CCCC2)cc1. The van der Waals surface area contributed by atoms with Crippen molar-refractivity contribution in [2.45, 2.75) is 35.3 Å². The van der Waals surface area contributed by atoms with Crippen LogP contribution in [0, 0.1) is 0 Å². The van der Waals surface area contributed by atoms with E-state index in [2.05, 4.69) is 16.0 Å². The normalized spacial score (nSPS) is 14.9. The maximum absolute atomic E-state index is 13.5. The molecule has 0 saturated heterocycles. The molecule has 1 saturated carbocycles. The van der Waals surface area contributed by atoms with Gasteiger partial charge in [-0.3, -0.25) is 4.79 Å². The molecule has 1 fully saturated rings. The molecule has 0 aromatic heterocycles. The molecule has 1 aliphatic carbocycles. The topological polar surface area (TPSA) is 104 Å². The van der Waals surface area contributed by atoms with Crippen LogP contribution >= 0.6 is 11.6 Å². The fourth-order valence-corrected chi connectivity index (χ4v) is 6.29. The average molecular weight is 498 g/mol. The van der Waals surface area contributed by atoms with Gasteiger partial charge in [0.1, 0.15) is 0 Å².